The Morgan fingerprint density at radius 1 is 1.10 bits per heavy atom. The Morgan fingerprint density at radius 3 is 2.65 bits per heavy atom. The largest absolute Gasteiger partial charge is 0.486 e. The third-order valence-electron chi connectivity index (χ3n) is 5.60. The standard InChI is InChI=1S/C24H23N3O2S2/c1-16-25-18(15-30-16)14-29-21-8-4-2-6-19(21)24(28)27-12-10-17(11-13-27)23-26-20-7-3-5-9-22(20)31-23/h2-9,15,17H,10-14H2,1H3. The molecule has 1 amide bonds. The highest BCUT2D eigenvalue weighted by molar-refractivity contribution is 7.18. The second-order valence-electron chi connectivity index (χ2n) is 7.73. The third kappa shape index (κ3) is 4.34. The van der Waals surface area contributed by atoms with Gasteiger partial charge in [0.05, 0.1) is 31.5 Å². The van der Waals surface area contributed by atoms with Gasteiger partial charge in [-0.15, -0.1) is 22.7 Å². The molecule has 0 bridgehead atoms. The highest BCUT2D eigenvalue weighted by Crippen LogP contribution is 2.34. The maximum absolute atomic E-state index is 13.2. The number of benzene rings is 2. The van der Waals surface area contributed by atoms with Gasteiger partial charge in [-0.05, 0) is 44.0 Å². The van der Waals surface area contributed by atoms with Crippen LogP contribution in [0.2, 0.25) is 0 Å². The van der Waals surface area contributed by atoms with Crippen molar-refractivity contribution in [1.82, 2.24) is 14.9 Å². The number of likely N-dealkylation sites (tertiary alicyclic amines) is 1. The quantitative estimate of drug-likeness (QED) is 0.394. The number of amides is 1. The molecule has 0 atom stereocenters. The molecular weight excluding hydrogens is 426 g/mol. The van der Waals surface area contributed by atoms with Crippen LogP contribution in [0.25, 0.3) is 10.2 Å². The number of para-hydroxylation sites is 2. The molecule has 0 N–H and O–H groups in total. The molecule has 1 fully saturated rings. The van der Waals surface area contributed by atoms with E-state index in [1.807, 2.05) is 47.5 Å². The molecule has 5 rings (SSSR count). The molecule has 4 aromatic rings. The van der Waals surface area contributed by atoms with E-state index in [0.29, 0.717) is 23.8 Å². The highest BCUT2D eigenvalue weighted by Gasteiger charge is 2.27. The molecule has 31 heavy (non-hydrogen) atoms. The van der Waals surface area contributed by atoms with Crippen molar-refractivity contribution in [3.63, 3.8) is 0 Å². The van der Waals surface area contributed by atoms with Crippen molar-refractivity contribution in [2.24, 2.45) is 0 Å². The van der Waals surface area contributed by atoms with E-state index in [1.54, 1.807) is 22.7 Å². The van der Waals surface area contributed by atoms with Crippen LogP contribution in [0, 0.1) is 6.92 Å². The summed E-state index contributed by atoms with van der Waals surface area (Å²) in [6.07, 6.45) is 1.87. The summed E-state index contributed by atoms with van der Waals surface area (Å²) in [6.45, 7) is 3.82. The fourth-order valence-corrected chi connectivity index (χ4v) is 5.69. The van der Waals surface area contributed by atoms with E-state index in [-0.39, 0.29) is 5.91 Å². The summed E-state index contributed by atoms with van der Waals surface area (Å²) < 4.78 is 7.19. The number of thiazole rings is 2. The number of aromatic nitrogens is 2. The maximum Gasteiger partial charge on any atom is 0.257 e. The molecule has 0 aliphatic carbocycles. The number of ether oxygens (including phenoxy) is 1. The summed E-state index contributed by atoms with van der Waals surface area (Å²) in [5.74, 6) is 1.07. The van der Waals surface area contributed by atoms with Gasteiger partial charge in [0.2, 0.25) is 0 Å². The molecule has 0 radical (unpaired) electrons. The number of rotatable bonds is 5. The topological polar surface area (TPSA) is 55.3 Å². The van der Waals surface area contributed by atoms with E-state index in [9.17, 15) is 4.79 Å². The number of nitrogens with zero attached hydrogens (tertiary/aromatic N) is 3. The summed E-state index contributed by atoms with van der Waals surface area (Å²) >= 11 is 3.38. The average Bonchev–Trinajstić information content (AvgIpc) is 3.43. The van der Waals surface area contributed by atoms with E-state index in [1.165, 1.54) is 9.71 Å². The first-order valence-electron chi connectivity index (χ1n) is 10.4. The van der Waals surface area contributed by atoms with Crippen LogP contribution in [-0.2, 0) is 6.61 Å². The molecular formula is C24H23N3O2S2. The van der Waals surface area contributed by atoms with Gasteiger partial charge in [0.25, 0.3) is 5.91 Å². The van der Waals surface area contributed by atoms with Crippen molar-refractivity contribution in [3.8, 4) is 5.75 Å². The van der Waals surface area contributed by atoms with Crippen LogP contribution in [0.3, 0.4) is 0 Å². The minimum absolute atomic E-state index is 0.0350. The smallest absolute Gasteiger partial charge is 0.257 e. The first kappa shape index (κ1) is 20.2. The molecule has 1 aliphatic heterocycles. The minimum atomic E-state index is 0.0350. The Labute approximate surface area is 189 Å². The zero-order valence-electron chi connectivity index (χ0n) is 17.3. The molecule has 2 aromatic heterocycles. The van der Waals surface area contributed by atoms with Crippen molar-refractivity contribution >= 4 is 38.8 Å². The molecule has 2 aromatic carbocycles. The summed E-state index contributed by atoms with van der Waals surface area (Å²) in [5.41, 5.74) is 2.58. The zero-order chi connectivity index (χ0) is 21.2. The summed E-state index contributed by atoms with van der Waals surface area (Å²) in [4.78, 5) is 24.4. The van der Waals surface area contributed by atoms with Crippen molar-refractivity contribution in [2.75, 3.05) is 13.1 Å². The highest BCUT2D eigenvalue weighted by atomic mass is 32.1. The molecule has 5 nitrogen and oxygen atoms in total. The minimum Gasteiger partial charge on any atom is -0.486 e. The van der Waals surface area contributed by atoms with Crippen LogP contribution in [0.5, 0.6) is 5.75 Å². The predicted octanol–water partition coefficient (Wildman–Crippen LogP) is 5.66. The third-order valence-corrected chi connectivity index (χ3v) is 7.62. The molecule has 7 heteroatoms. The Balaban J connectivity index is 1.25. The SMILES string of the molecule is Cc1nc(COc2ccccc2C(=O)N2CCC(c3nc4ccccc4s3)CC2)cs1. The predicted molar refractivity (Wildman–Crippen MR) is 125 cm³/mol. The van der Waals surface area contributed by atoms with Crippen molar-refractivity contribution in [3.05, 3.63) is 75.2 Å². The van der Waals surface area contributed by atoms with Gasteiger partial charge < -0.3 is 9.64 Å². The first-order valence-corrected chi connectivity index (χ1v) is 12.1. The summed E-state index contributed by atoms with van der Waals surface area (Å²) in [5, 5.41) is 4.20. The number of piperidine rings is 1. The van der Waals surface area contributed by atoms with E-state index in [2.05, 4.69) is 23.2 Å². The van der Waals surface area contributed by atoms with E-state index >= 15 is 0 Å². The Bertz CT molecular complexity index is 1180. The fraction of sp³-hybridized carbons (Fsp3) is 0.292. The molecule has 3 heterocycles. The molecule has 158 valence electrons. The number of aryl methyl sites for hydroxylation is 1. The van der Waals surface area contributed by atoms with Crippen LogP contribution in [-0.4, -0.2) is 33.9 Å². The lowest BCUT2D eigenvalue weighted by Crippen LogP contribution is -2.38. The number of carbonyl (C=O) groups excluding carboxylic acids is 1. The lowest BCUT2D eigenvalue weighted by Gasteiger charge is -2.31. The molecule has 0 spiro atoms. The van der Waals surface area contributed by atoms with E-state index in [0.717, 1.165) is 42.1 Å². The van der Waals surface area contributed by atoms with Crippen LogP contribution >= 0.6 is 22.7 Å². The number of carbonyl (C=O) groups is 1. The van der Waals surface area contributed by atoms with Gasteiger partial charge in [-0.2, -0.15) is 0 Å². The summed E-state index contributed by atoms with van der Waals surface area (Å²) in [7, 11) is 0. The lowest BCUT2D eigenvalue weighted by molar-refractivity contribution is 0.0708. The van der Waals surface area contributed by atoms with Gasteiger partial charge in [0, 0.05) is 24.4 Å². The molecule has 0 unspecified atom stereocenters. The van der Waals surface area contributed by atoms with Crippen LogP contribution in [0.15, 0.2) is 53.9 Å². The van der Waals surface area contributed by atoms with Crippen molar-refractivity contribution in [1.29, 1.82) is 0 Å². The number of hydrogen-bond donors (Lipinski definition) is 0. The molecule has 1 saturated heterocycles. The van der Waals surface area contributed by atoms with Crippen molar-refractivity contribution < 1.29 is 9.53 Å². The second-order valence-corrected chi connectivity index (χ2v) is 9.85. The number of fused-ring (bicyclic) bond motifs is 1. The summed E-state index contributed by atoms with van der Waals surface area (Å²) in [6, 6.07) is 15.8. The maximum atomic E-state index is 13.2. The Kier molecular flexibility index (Phi) is 5.70. The number of hydrogen-bond acceptors (Lipinski definition) is 6. The van der Waals surface area contributed by atoms with Gasteiger partial charge in [-0.25, -0.2) is 9.97 Å². The zero-order valence-corrected chi connectivity index (χ0v) is 18.9. The van der Waals surface area contributed by atoms with E-state index in [4.69, 9.17) is 9.72 Å². The Hall–Kier alpha value is -2.77. The lowest BCUT2D eigenvalue weighted by atomic mass is 9.97. The average molecular weight is 450 g/mol. The normalized spacial score (nSPS) is 14.8. The van der Waals surface area contributed by atoms with Crippen LogP contribution in [0.4, 0.5) is 0 Å². The van der Waals surface area contributed by atoms with Gasteiger partial charge in [-0.3, -0.25) is 4.79 Å². The van der Waals surface area contributed by atoms with Crippen molar-refractivity contribution in [2.45, 2.75) is 32.3 Å². The fourth-order valence-electron chi connectivity index (χ4n) is 3.96. The molecule has 1 aliphatic rings. The van der Waals surface area contributed by atoms with Gasteiger partial charge >= 0.3 is 0 Å². The van der Waals surface area contributed by atoms with Gasteiger partial charge in [-0.1, -0.05) is 24.3 Å². The van der Waals surface area contributed by atoms with Crippen LogP contribution < -0.4 is 4.74 Å². The van der Waals surface area contributed by atoms with Gasteiger partial charge in [0.1, 0.15) is 12.4 Å². The van der Waals surface area contributed by atoms with E-state index < -0.39 is 0 Å². The van der Waals surface area contributed by atoms with Crippen LogP contribution in [0.1, 0.15) is 44.8 Å². The first-order chi connectivity index (χ1) is 15.2. The second kappa shape index (κ2) is 8.77. The Morgan fingerprint density at radius 2 is 1.87 bits per heavy atom. The molecule has 0 saturated carbocycles. The van der Waals surface area contributed by atoms with Gasteiger partial charge in [0.15, 0.2) is 0 Å². The monoisotopic (exact) mass is 449 g/mol.